The summed E-state index contributed by atoms with van der Waals surface area (Å²) in [6.07, 6.45) is 0.123. The molecule has 0 amide bonds. The maximum absolute atomic E-state index is 5.60. The van der Waals surface area contributed by atoms with E-state index in [0.29, 0.717) is 11.6 Å². The molecule has 1 aromatic carbocycles. The van der Waals surface area contributed by atoms with Gasteiger partial charge < -0.3 is 14.8 Å². The van der Waals surface area contributed by atoms with Gasteiger partial charge in [-0.2, -0.15) is 0 Å². The highest BCUT2D eigenvalue weighted by atomic mass is 16.5. The van der Waals surface area contributed by atoms with Crippen LogP contribution < -0.4 is 14.8 Å². The molecule has 1 N–H and O–H groups in total. The Balaban J connectivity index is 2.81. The molecular weight excluding hydrogens is 190 g/mol. The summed E-state index contributed by atoms with van der Waals surface area (Å²) in [6, 6.07) is 7.52. The van der Waals surface area contributed by atoms with Crippen molar-refractivity contribution in [2.45, 2.75) is 20.0 Å². The van der Waals surface area contributed by atoms with Crippen molar-refractivity contribution in [3.8, 4) is 11.5 Å². The minimum absolute atomic E-state index is 0.123. The van der Waals surface area contributed by atoms with Gasteiger partial charge in [-0.1, -0.05) is 12.1 Å². The predicted octanol–water partition coefficient (Wildman–Crippen LogP) is 2.54. The van der Waals surface area contributed by atoms with Gasteiger partial charge in [-0.15, -0.1) is 0 Å². The van der Waals surface area contributed by atoms with Crippen molar-refractivity contribution < 1.29 is 9.47 Å². The predicted molar refractivity (Wildman–Crippen MR) is 61.0 cm³/mol. The molecule has 0 atom stereocenters. The SMILES string of the molecule is C=C(NC)Oc1ccccc1OC(C)C. The normalized spacial score (nSPS) is 9.87. The Morgan fingerprint density at radius 3 is 2.40 bits per heavy atom. The van der Waals surface area contributed by atoms with Crippen LogP contribution in [0.5, 0.6) is 11.5 Å². The first-order valence-corrected chi connectivity index (χ1v) is 4.93. The van der Waals surface area contributed by atoms with Crippen molar-refractivity contribution in [2.24, 2.45) is 0 Å². The fourth-order valence-electron chi connectivity index (χ4n) is 1.07. The molecule has 82 valence electrons. The Morgan fingerprint density at radius 2 is 1.87 bits per heavy atom. The molecule has 0 unspecified atom stereocenters. The van der Waals surface area contributed by atoms with Crippen LogP contribution >= 0.6 is 0 Å². The Labute approximate surface area is 90.7 Å². The Bertz CT molecular complexity index is 334. The van der Waals surface area contributed by atoms with Gasteiger partial charge in [-0.05, 0) is 32.6 Å². The monoisotopic (exact) mass is 207 g/mol. The number of benzene rings is 1. The molecule has 0 aliphatic carbocycles. The minimum Gasteiger partial charge on any atom is -0.487 e. The van der Waals surface area contributed by atoms with E-state index >= 15 is 0 Å². The second-order valence-corrected chi connectivity index (χ2v) is 3.39. The first-order chi connectivity index (χ1) is 7.13. The number of hydrogen-bond donors (Lipinski definition) is 1. The molecule has 1 aromatic rings. The third-order valence-electron chi connectivity index (χ3n) is 1.72. The molecule has 15 heavy (non-hydrogen) atoms. The van der Waals surface area contributed by atoms with Crippen LogP contribution in [-0.4, -0.2) is 13.2 Å². The van der Waals surface area contributed by atoms with Crippen LogP contribution in [0.15, 0.2) is 36.7 Å². The second-order valence-electron chi connectivity index (χ2n) is 3.39. The molecule has 3 nitrogen and oxygen atoms in total. The zero-order valence-corrected chi connectivity index (χ0v) is 9.41. The third-order valence-corrected chi connectivity index (χ3v) is 1.72. The van der Waals surface area contributed by atoms with E-state index in [4.69, 9.17) is 9.47 Å². The molecule has 0 aliphatic rings. The van der Waals surface area contributed by atoms with Gasteiger partial charge in [-0.25, -0.2) is 0 Å². The smallest absolute Gasteiger partial charge is 0.186 e. The first kappa shape index (κ1) is 11.4. The largest absolute Gasteiger partial charge is 0.487 e. The molecule has 0 heterocycles. The molecule has 0 saturated carbocycles. The fourth-order valence-corrected chi connectivity index (χ4v) is 1.07. The molecule has 0 fully saturated rings. The van der Waals surface area contributed by atoms with Crippen LogP contribution in [0.1, 0.15) is 13.8 Å². The number of para-hydroxylation sites is 2. The van der Waals surface area contributed by atoms with E-state index in [1.165, 1.54) is 0 Å². The molecular formula is C12H17NO2. The van der Waals surface area contributed by atoms with Crippen molar-refractivity contribution in [3.63, 3.8) is 0 Å². The van der Waals surface area contributed by atoms with E-state index in [2.05, 4.69) is 11.9 Å². The van der Waals surface area contributed by atoms with E-state index in [1.807, 2.05) is 38.1 Å². The molecule has 0 spiro atoms. The lowest BCUT2D eigenvalue weighted by Crippen LogP contribution is -2.12. The van der Waals surface area contributed by atoms with Gasteiger partial charge in [0.2, 0.25) is 0 Å². The molecule has 0 radical (unpaired) electrons. The summed E-state index contributed by atoms with van der Waals surface area (Å²) in [4.78, 5) is 0. The van der Waals surface area contributed by atoms with Crippen LogP contribution in [0.25, 0.3) is 0 Å². The van der Waals surface area contributed by atoms with Crippen LogP contribution in [0.4, 0.5) is 0 Å². The summed E-state index contributed by atoms with van der Waals surface area (Å²) in [5.41, 5.74) is 0. The lowest BCUT2D eigenvalue weighted by atomic mass is 10.3. The van der Waals surface area contributed by atoms with Crippen molar-refractivity contribution >= 4 is 0 Å². The third kappa shape index (κ3) is 3.54. The van der Waals surface area contributed by atoms with Gasteiger partial charge in [0.15, 0.2) is 17.4 Å². The van der Waals surface area contributed by atoms with E-state index in [-0.39, 0.29) is 6.10 Å². The summed E-state index contributed by atoms with van der Waals surface area (Å²) >= 11 is 0. The summed E-state index contributed by atoms with van der Waals surface area (Å²) in [6.45, 7) is 7.65. The molecule has 0 aliphatic heterocycles. The van der Waals surface area contributed by atoms with E-state index < -0.39 is 0 Å². The molecule has 1 rings (SSSR count). The van der Waals surface area contributed by atoms with Crippen LogP contribution in [0.2, 0.25) is 0 Å². The zero-order valence-electron chi connectivity index (χ0n) is 9.41. The lowest BCUT2D eigenvalue weighted by Gasteiger charge is -2.15. The number of ether oxygens (including phenoxy) is 2. The summed E-state index contributed by atoms with van der Waals surface area (Å²) in [5, 5.41) is 2.82. The summed E-state index contributed by atoms with van der Waals surface area (Å²) < 4.78 is 11.1. The Morgan fingerprint density at radius 1 is 1.27 bits per heavy atom. The maximum atomic E-state index is 5.60. The van der Waals surface area contributed by atoms with Crippen molar-refractivity contribution in [2.75, 3.05) is 7.05 Å². The van der Waals surface area contributed by atoms with Gasteiger partial charge in [0.25, 0.3) is 0 Å². The molecule has 3 heteroatoms. The Hall–Kier alpha value is -1.64. The van der Waals surface area contributed by atoms with Crippen LogP contribution in [0.3, 0.4) is 0 Å². The molecule has 0 saturated heterocycles. The van der Waals surface area contributed by atoms with E-state index in [1.54, 1.807) is 7.05 Å². The highest BCUT2D eigenvalue weighted by Gasteiger charge is 2.06. The van der Waals surface area contributed by atoms with Crippen LogP contribution in [0, 0.1) is 0 Å². The van der Waals surface area contributed by atoms with Crippen LogP contribution in [-0.2, 0) is 0 Å². The average molecular weight is 207 g/mol. The summed E-state index contributed by atoms with van der Waals surface area (Å²) in [7, 11) is 1.76. The second kappa shape index (κ2) is 5.29. The first-order valence-electron chi connectivity index (χ1n) is 4.93. The zero-order chi connectivity index (χ0) is 11.3. The molecule has 0 aromatic heterocycles. The minimum atomic E-state index is 0.123. The standard InChI is InChI=1S/C12H17NO2/c1-9(2)14-11-7-5-6-8-12(11)15-10(3)13-4/h5-9,13H,3H2,1-2,4H3. The number of hydrogen-bond acceptors (Lipinski definition) is 3. The highest BCUT2D eigenvalue weighted by molar-refractivity contribution is 5.40. The van der Waals surface area contributed by atoms with Gasteiger partial charge in [0.1, 0.15) is 0 Å². The van der Waals surface area contributed by atoms with Crippen molar-refractivity contribution in [1.82, 2.24) is 5.32 Å². The van der Waals surface area contributed by atoms with E-state index in [0.717, 1.165) is 5.75 Å². The lowest BCUT2D eigenvalue weighted by molar-refractivity contribution is 0.230. The van der Waals surface area contributed by atoms with Gasteiger partial charge in [-0.3, -0.25) is 0 Å². The maximum Gasteiger partial charge on any atom is 0.186 e. The fraction of sp³-hybridized carbons (Fsp3) is 0.333. The van der Waals surface area contributed by atoms with Gasteiger partial charge >= 0.3 is 0 Å². The Kier molecular flexibility index (Phi) is 4.03. The van der Waals surface area contributed by atoms with Crippen molar-refractivity contribution in [1.29, 1.82) is 0 Å². The van der Waals surface area contributed by atoms with Gasteiger partial charge in [0, 0.05) is 7.05 Å². The topological polar surface area (TPSA) is 30.5 Å². The highest BCUT2D eigenvalue weighted by Crippen LogP contribution is 2.28. The summed E-state index contributed by atoms with van der Waals surface area (Å²) in [5.74, 6) is 1.89. The van der Waals surface area contributed by atoms with E-state index in [9.17, 15) is 0 Å². The van der Waals surface area contributed by atoms with Gasteiger partial charge in [0.05, 0.1) is 6.10 Å². The quantitative estimate of drug-likeness (QED) is 0.753. The average Bonchev–Trinajstić information content (AvgIpc) is 2.20. The molecule has 0 bridgehead atoms. The number of rotatable bonds is 5. The number of nitrogens with one attached hydrogen (secondary N) is 1. The van der Waals surface area contributed by atoms with Crippen molar-refractivity contribution in [3.05, 3.63) is 36.7 Å².